The van der Waals surface area contributed by atoms with E-state index in [0.717, 1.165) is 37.5 Å². The lowest BCUT2D eigenvalue weighted by atomic mass is 9.93. The van der Waals surface area contributed by atoms with Crippen LogP contribution in [0.15, 0.2) is 10.6 Å². The molecule has 3 N–H and O–H groups in total. The van der Waals surface area contributed by atoms with Crippen LogP contribution in [0.25, 0.3) is 0 Å². The minimum Gasteiger partial charge on any atom is -0.361 e. The molecule has 2 heterocycles. The Morgan fingerprint density at radius 1 is 1.52 bits per heavy atom. The fourth-order valence-electron chi connectivity index (χ4n) is 3.01. The molecule has 0 radical (unpaired) electrons. The number of aromatic nitrogens is 1. The second kappa shape index (κ2) is 6.15. The summed E-state index contributed by atoms with van der Waals surface area (Å²) in [6.07, 6.45) is 3.42. The van der Waals surface area contributed by atoms with Crippen molar-refractivity contribution in [2.75, 3.05) is 19.6 Å². The fraction of sp³-hybridized carbons (Fsp3) is 0.733. The van der Waals surface area contributed by atoms with E-state index in [0.29, 0.717) is 17.9 Å². The number of likely N-dealkylation sites (tertiary alicyclic amines) is 1. The number of hydrogen-bond donors (Lipinski definition) is 2. The molecule has 0 aromatic carbocycles. The van der Waals surface area contributed by atoms with Gasteiger partial charge < -0.3 is 20.5 Å². The number of piperidine rings is 1. The maximum atomic E-state index is 11.6. The predicted octanol–water partition coefficient (Wildman–Crippen LogP) is 0.837. The van der Waals surface area contributed by atoms with Crippen LogP contribution in [0, 0.1) is 5.92 Å². The first-order chi connectivity index (χ1) is 10.2. The zero-order valence-corrected chi connectivity index (χ0v) is 12.5. The average molecular weight is 292 g/mol. The normalized spacial score (nSPS) is 26.1. The van der Waals surface area contributed by atoms with Gasteiger partial charge in [0.05, 0.1) is 12.2 Å². The van der Waals surface area contributed by atoms with Crippen LogP contribution in [0.4, 0.5) is 0 Å². The summed E-state index contributed by atoms with van der Waals surface area (Å²) in [6.45, 7) is 4.57. The summed E-state index contributed by atoms with van der Waals surface area (Å²) in [6, 6.07) is 2.48. The second-order valence-corrected chi connectivity index (χ2v) is 6.29. The van der Waals surface area contributed by atoms with Crippen molar-refractivity contribution < 1.29 is 9.32 Å². The quantitative estimate of drug-likeness (QED) is 0.840. The lowest BCUT2D eigenvalue weighted by Gasteiger charge is -2.37. The van der Waals surface area contributed by atoms with Gasteiger partial charge in [-0.25, -0.2) is 0 Å². The van der Waals surface area contributed by atoms with Crippen molar-refractivity contribution >= 4 is 5.91 Å². The highest BCUT2D eigenvalue weighted by Crippen LogP contribution is 2.40. The van der Waals surface area contributed by atoms with Crippen LogP contribution in [-0.2, 0) is 11.3 Å². The van der Waals surface area contributed by atoms with E-state index in [1.54, 1.807) is 0 Å². The van der Waals surface area contributed by atoms with Crippen LogP contribution in [0.1, 0.15) is 43.6 Å². The van der Waals surface area contributed by atoms with Crippen molar-refractivity contribution in [1.82, 2.24) is 15.4 Å². The van der Waals surface area contributed by atoms with Gasteiger partial charge in [-0.3, -0.25) is 4.79 Å². The molecular formula is C15H24N4O2. The highest BCUT2D eigenvalue weighted by atomic mass is 16.5. The summed E-state index contributed by atoms with van der Waals surface area (Å²) in [5.74, 6) is 2.11. The molecule has 1 aromatic rings. The van der Waals surface area contributed by atoms with Gasteiger partial charge >= 0.3 is 0 Å². The van der Waals surface area contributed by atoms with Crippen molar-refractivity contribution in [3.8, 4) is 0 Å². The Morgan fingerprint density at radius 2 is 2.33 bits per heavy atom. The molecule has 116 valence electrons. The van der Waals surface area contributed by atoms with Gasteiger partial charge in [-0.15, -0.1) is 0 Å². The molecule has 0 spiro atoms. The number of amides is 1. The Labute approximate surface area is 125 Å². The minimum absolute atomic E-state index is 0.0471. The summed E-state index contributed by atoms with van der Waals surface area (Å²) < 4.78 is 5.36. The van der Waals surface area contributed by atoms with Crippen LogP contribution in [-0.4, -0.2) is 41.6 Å². The Balaban J connectivity index is 1.47. The number of nitrogens with two attached hydrogens (primary N) is 1. The molecule has 2 atom stereocenters. The van der Waals surface area contributed by atoms with E-state index in [9.17, 15) is 4.79 Å². The Kier molecular flexibility index (Phi) is 4.26. The topological polar surface area (TPSA) is 84.4 Å². The summed E-state index contributed by atoms with van der Waals surface area (Å²) in [5.41, 5.74) is 6.40. The second-order valence-electron chi connectivity index (χ2n) is 6.29. The van der Waals surface area contributed by atoms with Gasteiger partial charge in [0.25, 0.3) is 0 Å². The van der Waals surface area contributed by atoms with Gasteiger partial charge in [0.1, 0.15) is 5.76 Å². The highest BCUT2D eigenvalue weighted by molar-refractivity contribution is 5.78. The zero-order chi connectivity index (χ0) is 14.8. The molecule has 2 aliphatic rings. The van der Waals surface area contributed by atoms with E-state index >= 15 is 0 Å². The molecule has 2 fully saturated rings. The molecule has 6 nitrogen and oxygen atoms in total. The van der Waals surface area contributed by atoms with Crippen LogP contribution < -0.4 is 11.1 Å². The number of rotatable bonds is 5. The van der Waals surface area contributed by atoms with Gasteiger partial charge in [0.15, 0.2) is 0 Å². The Morgan fingerprint density at radius 3 is 3.00 bits per heavy atom. The molecule has 3 rings (SSSR count). The third-order valence-corrected chi connectivity index (χ3v) is 4.53. The SMILES string of the molecule is C[C@@H]1CN(C(=O)CN)CC[C@@H]1NCc1cc(C2CC2)on1. The smallest absolute Gasteiger partial charge is 0.236 e. The molecule has 0 unspecified atom stereocenters. The van der Waals surface area contributed by atoms with E-state index in [1.165, 1.54) is 12.8 Å². The first kappa shape index (κ1) is 14.5. The molecule has 21 heavy (non-hydrogen) atoms. The number of nitrogens with one attached hydrogen (secondary N) is 1. The maximum Gasteiger partial charge on any atom is 0.236 e. The van der Waals surface area contributed by atoms with Gasteiger partial charge in [-0.2, -0.15) is 0 Å². The van der Waals surface area contributed by atoms with E-state index in [1.807, 2.05) is 4.90 Å². The largest absolute Gasteiger partial charge is 0.361 e. The third-order valence-electron chi connectivity index (χ3n) is 4.53. The molecule has 1 aliphatic carbocycles. The zero-order valence-electron chi connectivity index (χ0n) is 12.5. The lowest BCUT2D eigenvalue weighted by molar-refractivity contribution is -0.131. The van der Waals surface area contributed by atoms with E-state index in [2.05, 4.69) is 23.5 Å². The van der Waals surface area contributed by atoms with E-state index in [-0.39, 0.29) is 12.5 Å². The van der Waals surface area contributed by atoms with Crippen molar-refractivity contribution in [1.29, 1.82) is 0 Å². The molecule has 1 saturated heterocycles. The standard InChI is InChI=1S/C15H24N4O2/c1-10-9-19(15(20)7-16)5-4-13(10)17-8-12-6-14(21-18-12)11-2-3-11/h6,10-11,13,17H,2-5,7-9,16H2,1H3/t10-,13+/m1/s1. The maximum absolute atomic E-state index is 11.6. The van der Waals surface area contributed by atoms with Gasteiger partial charge in [0, 0.05) is 37.7 Å². The van der Waals surface area contributed by atoms with Crippen molar-refractivity contribution in [3.63, 3.8) is 0 Å². The number of nitrogens with zero attached hydrogens (tertiary/aromatic N) is 2. The van der Waals surface area contributed by atoms with E-state index in [4.69, 9.17) is 10.3 Å². The fourth-order valence-corrected chi connectivity index (χ4v) is 3.01. The molecule has 6 heteroatoms. The van der Waals surface area contributed by atoms with Gasteiger partial charge in [0.2, 0.25) is 5.91 Å². The average Bonchev–Trinajstić information content (AvgIpc) is 3.24. The Bertz CT molecular complexity index is 498. The van der Waals surface area contributed by atoms with Crippen molar-refractivity contribution in [3.05, 3.63) is 17.5 Å². The first-order valence-electron chi connectivity index (χ1n) is 7.84. The van der Waals surface area contributed by atoms with Gasteiger partial charge in [-0.1, -0.05) is 12.1 Å². The summed E-state index contributed by atoms with van der Waals surface area (Å²) in [4.78, 5) is 13.5. The summed E-state index contributed by atoms with van der Waals surface area (Å²) in [7, 11) is 0. The monoisotopic (exact) mass is 292 g/mol. The predicted molar refractivity (Wildman–Crippen MR) is 78.5 cm³/mol. The molecular weight excluding hydrogens is 268 g/mol. The number of hydrogen-bond acceptors (Lipinski definition) is 5. The molecule has 1 amide bonds. The van der Waals surface area contributed by atoms with Crippen LogP contribution >= 0.6 is 0 Å². The molecule has 1 aliphatic heterocycles. The first-order valence-corrected chi connectivity index (χ1v) is 7.84. The molecule has 0 bridgehead atoms. The summed E-state index contributed by atoms with van der Waals surface area (Å²) >= 11 is 0. The van der Waals surface area contributed by atoms with Crippen molar-refractivity contribution in [2.45, 2.75) is 44.7 Å². The number of carbonyl (C=O) groups is 1. The number of carbonyl (C=O) groups excluding carboxylic acids is 1. The highest BCUT2D eigenvalue weighted by Gasteiger charge is 2.29. The van der Waals surface area contributed by atoms with Gasteiger partial charge in [-0.05, 0) is 25.2 Å². The third kappa shape index (κ3) is 3.44. The molecule has 1 aromatic heterocycles. The Hall–Kier alpha value is -1.40. The lowest BCUT2D eigenvalue weighted by Crippen LogP contribution is -2.51. The van der Waals surface area contributed by atoms with Crippen molar-refractivity contribution in [2.24, 2.45) is 11.7 Å². The summed E-state index contributed by atoms with van der Waals surface area (Å²) in [5, 5.41) is 7.67. The van der Waals surface area contributed by atoms with Crippen LogP contribution in [0.3, 0.4) is 0 Å². The minimum atomic E-state index is 0.0471. The van der Waals surface area contributed by atoms with Crippen LogP contribution in [0.2, 0.25) is 0 Å². The van der Waals surface area contributed by atoms with E-state index < -0.39 is 0 Å². The van der Waals surface area contributed by atoms with Crippen LogP contribution in [0.5, 0.6) is 0 Å². The molecule has 1 saturated carbocycles.